The summed E-state index contributed by atoms with van der Waals surface area (Å²) < 4.78 is 1.13. The molecule has 2 aromatic carbocycles. The first kappa shape index (κ1) is 11.8. The smallest absolute Gasteiger partial charge is 0.0400 e. The van der Waals surface area contributed by atoms with Gasteiger partial charge in [-0.3, -0.25) is 0 Å². The number of halogens is 1. The van der Waals surface area contributed by atoms with Crippen molar-refractivity contribution in [3.63, 3.8) is 0 Å². The summed E-state index contributed by atoms with van der Waals surface area (Å²) in [7, 11) is 0. The molecule has 2 aromatic rings. The molecule has 1 aliphatic carbocycles. The number of anilines is 1. The van der Waals surface area contributed by atoms with Gasteiger partial charge in [0.2, 0.25) is 0 Å². The summed E-state index contributed by atoms with van der Waals surface area (Å²) in [4.78, 5) is 0. The van der Waals surface area contributed by atoms with Gasteiger partial charge in [-0.1, -0.05) is 34.1 Å². The number of rotatable bonds is 3. The molecule has 2 heteroatoms. The predicted octanol–water partition coefficient (Wildman–Crippen LogP) is 4.55. The molecule has 1 aliphatic rings. The maximum Gasteiger partial charge on any atom is 0.0400 e. The first-order valence-corrected chi connectivity index (χ1v) is 7.21. The molecule has 0 fully saturated rings. The minimum absolute atomic E-state index is 0.881. The van der Waals surface area contributed by atoms with Gasteiger partial charge in [0.25, 0.3) is 0 Å². The van der Waals surface area contributed by atoms with E-state index in [0.29, 0.717) is 0 Å². The van der Waals surface area contributed by atoms with Crippen molar-refractivity contribution < 1.29 is 0 Å². The van der Waals surface area contributed by atoms with Crippen molar-refractivity contribution in [2.45, 2.75) is 25.8 Å². The van der Waals surface area contributed by atoms with E-state index in [0.717, 1.165) is 11.0 Å². The molecule has 0 atom stereocenters. The number of hydrogen-bond acceptors (Lipinski definition) is 1. The molecule has 0 spiro atoms. The van der Waals surface area contributed by atoms with Crippen LogP contribution in [0.15, 0.2) is 46.9 Å². The molecule has 0 radical (unpaired) electrons. The van der Waals surface area contributed by atoms with Crippen molar-refractivity contribution in [2.24, 2.45) is 0 Å². The normalized spacial score (nSPS) is 13.4. The first-order chi connectivity index (χ1) is 8.81. The second kappa shape index (κ2) is 5.15. The number of hydrogen-bond donors (Lipinski definition) is 1. The van der Waals surface area contributed by atoms with Crippen LogP contribution in [-0.2, 0) is 19.4 Å². The third-order valence-electron chi connectivity index (χ3n) is 3.51. The van der Waals surface area contributed by atoms with Crippen LogP contribution in [0.1, 0.15) is 23.1 Å². The van der Waals surface area contributed by atoms with E-state index in [1.54, 1.807) is 0 Å². The summed E-state index contributed by atoms with van der Waals surface area (Å²) >= 11 is 3.45. The number of nitrogens with one attached hydrogen (secondary N) is 1. The van der Waals surface area contributed by atoms with E-state index in [-0.39, 0.29) is 0 Å². The van der Waals surface area contributed by atoms with Gasteiger partial charge in [-0.25, -0.2) is 0 Å². The van der Waals surface area contributed by atoms with E-state index < -0.39 is 0 Å². The van der Waals surface area contributed by atoms with Crippen LogP contribution in [0.4, 0.5) is 5.69 Å². The minimum Gasteiger partial charge on any atom is -0.381 e. The third kappa shape index (κ3) is 2.59. The Balaban J connectivity index is 1.68. The fourth-order valence-corrected chi connectivity index (χ4v) is 2.75. The standard InChI is InChI=1S/C16H16BrN/c17-15-7-4-12(5-8-15)11-18-16-9-6-13-2-1-3-14(13)10-16/h4-10,18H,1-3,11H2. The van der Waals surface area contributed by atoms with Crippen molar-refractivity contribution in [1.82, 2.24) is 0 Å². The van der Waals surface area contributed by atoms with Crippen LogP contribution in [0.25, 0.3) is 0 Å². The Labute approximate surface area is 116 Å². The van der Waals surface area contributed by atoms with Crippen molar-refractivity contribution in [3.8, 4) is 0 Å². The number of fused-ring (bicyclic) bond motifs is 1. The highest BCUT2D eigenvalue weighted by Gasteiger charge is 2.10. The SMILES string of the molecule is Brc1ccc(CNc2ccc3c(c2)CCC3)cc1. The fourth-order valence-electron chi connectivity index (χ4n) is 2.49. The molecular weight excluding hydrogens is 286 g/mol. The van der Waals surface area contributed by atoms with Crippen LogP contribution in [0.3, 0.4) is 0 Å². The molecule has 0 unspecified atom stereocenters. The predicted molar refractivity (Wildman–Crippen MR) is 79.9 cm³/mol. The zero-order chi connectivity index (χ0) is 12.4. The van der Waals surface area contributed by atoms with Gasteiger partial charge in [-0.15, -0.1) is 0 Å². The highest BCUT2D eigenvalue weighted by atomic mass is 79.9. The zero-order valence-electron chi connectivity index (χ0n) is 10.2. The fraction of sp³-hybridized carbons (Fsp3) is 0.250. The van der Waals surface area contributed by atoms with Gasteiger partial charge in [0.05, 0.1) is 0 Å². The van der Waals surface area contributed by atoms with Gasteiger partial charge in [0.15, 0.2) is 0 Å². The summed E-state index contributed by atoms with van der Waals surface area (Å²) in [6.07, 6.45) is 3.80. The largest absolute Gasteiger partial charge is 0.381 e. The Morgan fingerprint density at radius 3 is 2.56 bits per heavy atom. The quantitative estimate of drug-likeness (QED) is 0.877. The van der Waals surface area contributed by atoms with Crippen molar-refractivity contribution in [2.75, 3.05) is 5.32 Å². The molecule has 92 valence electrons. The summed E-state index contributed by atoms with van der Waals surface area (Å²) in [6.45, 7) is 0.881. The van der Waals surface area contributed by atoms with Crippen LogP contribution in [0, 0.1) is 0 Å². The molecule has 0 saturated carbocycles. The molecule has 0 aromatic heterocycles. The molecule has 0 saturated heterocycles. The van der Waals surface area contributed by atoms with Gasteiger partial charge in [-0.05, 0) is 60.2 Å². The topological polar surface area (TPSA) is 12.0 Å². The van der Waals surface area contributed by atoms with Gasteiger partial charge in [0, 0.05) is 16.7 Å². The molecule has 0 bridgehead atoms. The Bertz CT molecular complexity index is 546. The Kier molecular flexibility index (Phi) is 3.37. The maximum absolute atomic E-state index is 3.49. The van der Waals surface area contributed by atoms with E-state index in [4.69, 9.17) is 0 Å². The lowest BCUT2D eigenvalue weighted by Crippen LogP contribution is -1.99. The van der Waals surface area contributed by atoms with Gasteiger partial charge >= 0.3 is 0 Å². The van der Waals surface area contributed by atoms with Gasteiger partial charge in [0.1, 0.15) is 0 Å². The Morgan fingerprint density at radius 2 is 1.72 bits per heavy atom. The average molecular weight is 302 g/mol. The third-order valence-corrected chi connectivity index (χ3v) is 4.04. The van der Waals surface area contributed by atoms with E-state index in [1.807, 2.05) is 0 Å². The first-order valence-electron chi connectivity index (χ1n) is 6.41. The monoisotopic (exact) mass is 301 g/mol. The summed E-state index contributed by atoms with van der Waals surface area (Å²) in [6, 6.07) is 15.2. The van der Waals surface area contributed by atoms with Gasteiger partial charge < -0.3 is 5.32 Å². The molecule has 1 nitrogen and oxygen atoms in total. The van der Waals surface area contributed by atoms with Crippen LogP contribution in [-0.4, -0.2) is 0 Å². The van der Waals surface area contributed by atoms with E-state index >= 15 is 0 Å². The highest BCUT2D eigenvalue weighted by Crippen LogP contribution is 2.25. The number of aryl methyl sites for hydroxylation is 2. The lowest BCUT2D eigenvalue weighted by atomic mass is 10.1. The van der Waals surface area contributed by atoms with E-state index in [9.17, 15) is 0 Å². The van der Waals surface area contributed by atoms with Crippen LogP contribution in [0.5, 0.6) is 0 Å². The summed E-state index contributed by atoms with van der Waals surface area (Å²) in [5.74, 6) is 0. The molecule has 0 amide bonds. The Hall–Kier alpha value is -1.28. The van der Waals surface area contributed by atoms with Crippen LogP contribution in [0.2, 0.25) is 0 Å². The summed E-state index contributed by atoms with van der Waals surface area (Å²) in [5, 5.41) is 3.49. The second-order valence-corrected chi connectivity index (χ2v) is 5.73. The van der Waals surface area contributed by atoms with Crippen LogP contribution >= 0.6 is 15.9 Å². The maximum atomic E-state index is 3.49. The van der Waals surface area contributed by atoms with Crippen molar-refractivity contribution in [3.05, 3.63) is 63.6 Å². The molecule has 1 N–H and O–H groups in total. The van der Waals surface area contributed by atoms with Crippen LogP contribution < -0.4 is 5.32 Å². The van der Waals surface area contributed by atoms with E-state index in [2.05, 4.69) is 63.7 Å². The average Bonchev–Trinajstić information content (AvgIpc) is 2.85. The molecule has 0 heterocycles. The van der Waals surface area contributed by atoms with E-state index in [1.165, 1.54) is 41.6 Å². The molecule has 0 aliphatic heterocycles. The lowest BCUT2D eigenvalue weighted by molar-refractivity contribution is 0.912. The van der Waals surface area contributed by atoms with Gasteiger partial charge in [-0.2, -0.15) is 0 Å². The molecule has 18 heavy (non-hydrogen) atoms. The number of benzene rings is 2. The molecule has 3 rings (SSSR count). The Morgan fingerprint density at radius 1 is 0.944 bits per heavy atom. The molecular formula is C16H16BrN. The highest BCUT2D eigenvalue weighted by molar-refractivity contribution is 9.10. The van der Waals surface area contributed by atoms with Crippen molar-refractivity contribution >= 4 is 21.6 Å². The van der Waals surface area contributed by atoms with Crippen molar-refractivity contribution in [1.29, 1.82) is 0 Å². The lowest BCUT2D eigenvalue weighted by Gasteiger charge is -2.08. The zero-order valence-corrected chi connectivity index (χ0v) is 11.8. The second-order valence-electron chi connectivity index (χ2n) is 4.82. The summed E-state index contributed by atoms with van der Waals surface area (Å²) in [5.41, 5.74) is 5.59. The minimum atomic E-state index is 0.881.